The van der Waals surface area contributed by atoms with Crippen molar-refractivity contribution in [2.75, 3.05) is 7.11 Å². The molecule has 0 radical (unpaired) electrons. The van der Waals surface area contributed by atoms with Gasteiger partial charge < -0.3 is 18.8 Å². The summed E-state index contributed by atoms with van der Waals surface area (Å²) in [4.78, 5) is 22.7. The Hall–Kier alpha value is -4.61. The molecule has 196 valence electrons. The SMILES string of the molecule is COc1ccc(Cl)cc1-c1nnc(S/C(=C\c2cn(Cc3ccc([N+](=O)[O-])cc3)c3ccccc23)C(=O)O)o1. The molecule has 2 heterocycles. The topological polar surface area (TPSA) is 134 Å². The van der Waals surface area contributed by atoms with Gasteiger partial charge in [0.15, 0.2) is 0 Å². The van der Waals surface area contributed by atoms with Crippen molar-refractivity contribution in [1.82, 2.24) is 14.8 Å². The second-order valence-corrected chi connectivity index (χ2v) is 9.72. The smallest absolute Gasteiger partial charge is 0.342 e. The van der Waals surface area contributed by atoms with Gasteiger partial charge >= 0.3 is 5.97 Å². The standard InChI is InChI=1S/C27H19ClN4O6S/c1-37-23-11-8-18(28)13-21(23)25-29-30-27(38-25)39-24(26(33)34)12-17-15-31(22-5-3-2-4-20(17)22)14-16-6-9-19(10-7-16)32(35)36/h2-13,15H,14H2,1H3,(H,33,34)/b24-12-. The zero-order valence-electron chi connectivity index (χ0n) is 20.3. The van der Waals surface area contributed by atoms with Gasteiger partial charge in [-0.2, -0.15) is 0 Å². The minimum absolute atomic E-state index is 0.0147. The molecule has 1 N–H and O–H groups in total. The maximum atomic E-state index is 12.2. The van der Waals surface area contributed by atoms with E-state index in [0.29, 0.717) is 28.4 Å². The number of ether oxygens (including phenoxy) is 1. The lowest BCUT2D eigenvalue weighted by Crippen LogP contribution is -1.98. The zero-order valence-corrected chi connectivity index (χ0v) is 21.8. The van der Waals surface area contributed by atoms with Crippen LogP contribution < -0.4 is 4.74 Å². The van der Waals surface area contributed by atoms with Crippen molar-refractivity contribution in [3.8, 4) is 17.2 Å². The molecule has 5 aromatic rings. The van der Waals surface area contributed by atoms with Crippen LogP contribution in [0.15, 0.2) is 87.5 Å². The van der Waals surface area contributed by atoms with Gasteiger partial charge in [0.1, 0.15) is 10.7 Å². The van der Waals surface area contributed by atoms with Gasteiger partial charge in [0.05, 0.1) is 17.6 Å². The molecule has 0 aliphatic heterocycles. The summed E-state index contributed by atoms with van der Waals surface area (Å²) in [5, 5.41) is 30.3. The molecule has 0 amide bonds. The van der Waals surface area contributed by atoms with Crippen LogP contribution in [-0.2, 0) is 11.3 Å². The third-order valence-corrected chi connectivity index (χ3v) is 6.90. The molecular formula is C27H19ClN4O6S. The molecule has 0 fully saturated rings. The minimum Gasteiger partial charge on any atom is -0.496 e. The van der Waals surface area contributed by atoms with Gasteiger partial charge in [-0.05, 0) is 47.7 Å². The average molecular weight is 563 g/mol. The molecule has 0 unspecified atom stereocenters. The van der Waals surface area contributed by atoms with Crippen LogP contribution in [0.3, 0.4) is 0 Å². The van der Waals surface area contributed by atoms with Crippen molar-refractivity contribution in [1.29, 1.82) is 0 Å². The molecule has 12 heteroatoms. The van der Waals surface area contributed by atoms with Crippen molar-refractivity contribution in [2.24, 2.45) is 0 Å². The lowest BCUT2D eigenvalue weighted by molar-refractivity contribution is -0.384. The van der Waals surface area contributed by atoms with E-state index in [9.17, 15) is 20.0 Å². The Morgan fingerprint density at radius 3 is 2.67 bits per heavy atom. The molecule has 0 saturated carbocycles. The highest BCUT2D eigenvalue weighted by atomic mass is 35.5. The van der Waals surface area contributed by atoms with E-state index in [4.69, 9.17) is 20.8 Å². The number of aliphatic carboxylic acids is 1. The van der Waals surface area contributed by atoms with Gasteiger partial charge in [0.25, 0.3) is 16.8 Å². The Kier molecular flexibility index (Phi) is 7.35. The van der Waals surface area contributed by atoms with Crippen LogP contribution in [0.5, 0.6) is 5.75 Å². The lowest BCUT2D eigenvalue weighted by atomic mass is 10.1. The number of hydrogen-bond donors (Lipinski definition) is 1. The van der Waals surface area contributed by atoms with Crippen molar-refractivity contribution >= 4 is 52.0 Å². The molecule has 5 rings (SSSR count). The molecule has 10 nitrogen and oxygen atoms in total. The lowest BCUT2D eigenvalue weighted by Gasteiger charge is -2.05. The van der Waals surface area contributed by atoms with E-state index in [1.54, 1.807) is 36.4 Å². The molecule has 0 aliphatic rings. The maximum absolute atomic E-state index is 12.2. The van der Waals surface area contributed by atoms with Crippen LogP contribution in [0.1, 0.15) is 11.1 Å². The van der Waals surface area contributed by atoms with Gasteiger partial charge in [0.2, 0.25) is 0 Å². The van der Waals surface area contributed by atoms with E-state index in [1.165, 1.54) is 19.2 Å². The zero-order chi connectivity index (χ0) is 27.5. The van der Waals surface area contributed by atoms with Crippen molar-refractivity contribution in [3.05, 3.63) is 104 Å². The first-order valence-corrected chi connectivity index (χ1v) is 12.6. The predicted octanol–water partition coefficient (Wildman–Crippen LogP) is 6.53. The second kappa shape index (κ2) is 11.0. The summed E-state index contributed by atoms with van der Waals surface area (Å²) in [6.45, 7) is 0.441. The number of thioether (sulfide) groups is 1. The number of benzene rings is 3. The van der Waals surface area contributed by atoms with Crippen molar-refractivity contribution < 1.29 is 24.0 Å². The number of methoxy groups -OCH3 is 1. The number of carboxylic acid groups (broad SMARTS) is 1. The van der Waals surface area contributed by atoms with E-state index >= 15 is 0 Å². The van der Waals surface area contributed by atoms with E-state index in [2.05, 4.69) is 10.2 Å². The number of para-hydroxylation sites is 1. The fourth-order valence-electron chi connectivity index (χ4n) is 4.02. The fourth-order valence-corrected chi connectivity index (χ4v) is 4.85. The number of nitrogens with zero attached hydrogens (tertiary/aromatic N) is 4. The van der Waals surface area contributed by atoms with E-state index in [-0.39, 0.29) is 21.7 Å². The van der Waals surface area contributed by atoms with Gasteiger partial charge in [-0.15, -0.1) is 10.2 Å². The van der Waals surface area contributed by atoms with Crippen LogP contribution in [-0.4, -0.2) is 37.9 Å². The Bertz CT molecular complexity index is 1730. The summed E-state index contributed by atoms with van der Waals surface area (Å²) < 4.78 is 13.0. The Labute approximate surface area is 230 Å². The van der Waals surface area contributed by atoms with Crippen LogP contribution in [0.25, 0.3) is 28.4 Å². The molecule has 0 bridgehead atoms. The highest BCUT2D eigenvalue weighted by Crippen LogP contribution is 2.36. The summed E-state index contributed by atoms with van der Waals surface area (Å²) in [7, 11) is 1.50. The van der Waals surface area contributed by atoms with Gasteiger partial charge in [-0.1, -0.05) is 41.9 Å². The van der Waals surface area contributed by atoms with Crippen molar-refractivity contribution in [2.45, 2.75) is 11.8 Å². The normalized spacial score (nSPS) is 11.6. The first-order chi connectivity index (χ1) is 18.8. The first kappa shape index (κ1) is 26.0. The van der Waals surface area contributed by atoms with Crippen LogP contribution >= 0.6 is 23.4 Å². The molecule has 3 aromatic carbocycles. The minimum atomic E-state index is -1.16. The number of carbonyl (C=O) groups is 1. The number of nitro groups is 1. The molecule has 0 saturated heterocycles. The average Bonchev–Trinajstić information content (AvgIpc) is 3.53. The second-order valence-electron chi connectivity index (χ2n) is 8.29. The molecule has 0 atom stereocenters. The monoisotopic (exact) mass is 562 g/mol. The number of halogens is 1. The number of fused-ring (bicyclic) bond motifs is 1. The van der Waals surface area contributed by atoms with E-state index < -0.39 is 10.9 Å². The maximum Gasteiger partial charge on any atom is 0.342 e. The number of hydrogen-bond acceptors (Lipinski definition) is 8. The summed E-state index contributed by atoms with van der Waals surface area (Å²) in [5.74, 6) is -0.539. The number of nitro benzene ring substituents is 1. The molecular weight excluding hydrogens is 544 g/mol. The Morgan fingerprint density at radius 2 is 1.95 bits per heavy atom. The van der Waals surface area contributed by atoms with Crippen LogP contribution in [0.4, 0.5) is 5.69 Å². The van der Waals surface area contributed by atoms with Gasteiger partial charge in [0, 0.05) is 46.4 Å². The van der Waals surface area contributed by atoms with E-state index in [0.717, 1.165) is 28.2 Å². The van der Waals surface area contributed by atoms with E-state index in [1.807, 2.05) is 35.0 Å². The molecule has 0 aliphatic carbocycles. The highest BCUT2D eigenvalue weighted by Gasteiger charge is 2.19. The molecule has 2 aromatic heterocycles. The summed E-state index contributed by atoms with van der Waals surface area (Å²) in [6.07, 6.45) is 3.39. The van der Waals surface area contributed by atoms with Crippen LogP contribution in [0.2, 0.25) is 5.02 Å². The third-order valence-electron chi connectivity index (χ3n) is 5.81. The van der Waals surface area contributed by atoms with Gasteiger partial charge in [-0.3, -0.25) is 10.1 Å². The Morgan fingerprint density at radius 1 is 1.18 bits per heavy atom. The molecule has 0 spiro atoms. The van der Waals surface area contributed by atoms with Crippen LogP contribution in [0, 0.1) is 10.1 Å². The third kappa shape index (κ3) is 5.64. The molecule has 39 heavy (non-hydrogen) atoms. The summed E-state index contributed by atoms with van der Waals surface area (Å²) in [5.41, 5.74) is 2.92. The van der Waals surface area contributed by atoms with Crippen molar-refractivity contribution in [3.63, 3.8) is 0 Å². The fraction of sp³-hybridized carbons (Fsp3) is 0.0741. The quantitative estimate of drug-likeness (QED) is 0.0920. The largest absolute Gasteiger partial charge is 0.496 e. The predicted molar refractivity (Wildman–Crippen MR) is 147 cm³/mol. The number of carboxylic acids is 1. The highest BCUT2D eigenvalue weighted by molar-refractivity contribution is 8.03. The summed E-state index contributed by atoms with van der Waals surface area (Å²) >= 11 is 6.93. The number of rotatable bonds is 9. The number of non-ortho nitro benzene ring substituents is 1. The Balaban J connectivity index is 1.46. The first-order valence-electron chi connectivity index (χ1n) is 11.4. The summed E-state index contributed by atoms with van der Waals surface area (Å²) in [6, 6.07) is 18.8. The van der Waals surface area contributed by atoms with Gasteiger partial charge in [-0.25, -0.2) is 4.79 Å². The number of aromatic nitrogens is 3.